The maximum absolute atomic E-state index is 12.1. The molecule has 0 spiro atoms. The van der Waals surface area contributed by atoms with Gasteiger partial charge < -0.3 is 5.32 Å². The van der Waals surface area contributed by atoms with E-state index < -0.39 is 0 Å². The van der Waals surface area contributed by atoms with E-state index in [1.807, 2.05) is 0 Å². The number of rotatable bonds is 4. The van der Waals surface area contributed by atoms with Gasteiger partial charge in [-0.3, -0.25) is 4.79 Å². The second-order valence-corrected chi connectivity index (χ2v) is 7.01. The first-order chi connectivity index (χ1) is 9.56. The summed E-state index contributed by atoms with van der Waals surface area (Å²) in [6, 6.07) is 6.78. The second-order valence-electron chi connectivity index (χ2n) is 5.99. The van der Waals surface area contributed by atoms with E-state index in [0.29, 0.717) is 17.7 Å². The number of aryl methyl sites for hydroxylation is 2. The van der Waals surface area contributed by atoms with Gasteiger partial charge >= 0.3 is 0 Å². The predicted octanol–water partition coefficient (Wildman–Crippen LogP) is 4.09. The summed E-state index contributed by atoms with van der Waals surface area (Å²) < 4.78 is 0. The molecule has 110 valence electrons. The van der Waals surface area contributed by atoms with E-state index in [2.05, 4.69) is 44.3 Å². The van der Waals surface area contributed by atoms with Gasteiger partial charge in [0, 0.05) is 10.9 Å². The van der Waals surface area contributed by atoms with Gasteiger partial charge in [-0.05, 0) is 44.2 Å². The molecule has 3 heteroatoms. The molecule has 2 rings (SSSR count). The average molecular weight is 291 g/mol. The van der Waals surface area contributed by atoms with Gasteiger partial charge in [-0.15, -0.1) is 11.8 Å². The van der Waals surface area contributed by atoms with Crippen molar-refractivity contribution < 1.29 is 4.79 Å². The molecule has 1 amide bonds. The zero-order valence-corrected chi connectivity index (χ0v) is 13.6. The molecule has 1 aliphatic rings. The number of benzene rings is 1. The molecule has 0 saturated heterocycles. The van der Waals surface area contributed by atoms with Gasteiger partial charge in [0.1, 0.15) is 0 Å². The maximum Gasteiger partial charge on any atom is 0.230 e. The SMILES string of the molecule is Cc1ccc(SCC(=O)NC2CCCCC2C)c(C)c1. The highest BCUT2D eigenvalue weighted by molar-refractivity contribution is 8.00. The molecule has 2 unspecified atom stereocenters. The molecule has 0 aromatic heterocycles. The minimum Gasteiger partial charge on any atom is -0.352 e. The van der Waals surface area contributed by atoms with Crippen LogP contribution in [0.25, 0.3) is 0 Å². The average Bonchev–Trinajstić information content (AvgIpc) is 2.40. The lowest BCUT2D eigenvalue weighted by Crippen LogP contribution is -2.41. The monoisotopic (exact) mass is 291 g/mol. The summed E-state index contributed by atoms with van der Waals surface area (Å²) in [7, 11) is 0. The fourth-order valence-electron chi connectivity index (χ4n) is 2.88. The van der Waals surface area contributed by atoms with Crippen LogP contribution in [-0.2, 0) is 4.79 Å². The van der Waals surface area contributed by atoms with E-state index in [-0.39, 0.29) is 5.91 Å². The van der Waals surface area contributed by atoms with E-state index in [1.165, 1.54) is 35.3 Å². The van der Waals surface area contributed by atoms with Crippen LogP contribution in [-0.4, -0.2) is 17.7 Å². The van der Waals surface area contributed by atoms with Crippen LogP contribution in [0.5, 0.6) is 0 Å². The highest BCUT2D eigenvalue weighted by Crippen LogP contribution is 2.25. The molecule has 2 nitrogen and oxygen atoms in total. The first kappa shape index (κ1) is 15.4. The van der Waals surface area contributed by atoms with Crippen LogP contribution in [0.1, 0.15) is 43.7 Å². The molecular weight excluding hydrogens is 266 g/mol. The van der Waals surface area contributed by atoms with Gasteiger partial charge in [0.05, 0.1) is 5.75 Å². The lowest BCUT2D eigenvalue weighted by molar-refractivity contribution is -0.119. The van der Waals surface area contributed by atoms with Crippen molar-refractivity contribution >= 4 is 17.7 Å². The van der Waals surface area contributed by atoms with E-state index in [0.717, 1.165) is 6.42 Å². The number of amides is 1. The lowest BCUT2D eigenvalue weighted by atomic mass is 9.86. The lowest BCUT2D eigenvalue weighted by Gasteiger charge is -2.29. The Morgan fingerprint density at radius 2 is 2.05 bits per heavy atom. The number of thioether (sulfide) groups is 1. The zero-order valence-electron chi connectivity index (χ0n) is 12.7. The number of carbonyl (C=O) groups excluding carboxylic acids is 1. The van der Waals surface area contributed by atoms with Crippen molar-refractivity contribution in [1.82, 2.24) is 5.32 Å². The van der Waals surface area contributed by atoms with E-state index in [4.69, 9.17) is 0 Å². The Morgan fingerprint density at radius 3 is 2.75 bits per heavy atom. The maximum atomic E-state index is 12.1. The number of hydrogen-bond acceptors (Lipinski definition) is 2. The smallest absolute Gasteiger partial charge is 0.230 e. The Hall–Kier alpha value is -0.960. The van der Waals surface area contributed by atoms with Gasteiger partial charge in [-0.25, -0.2) is 0 Å². The van der Waals surface area contributed by atoms with Gasteiger partial charge in [-0.2, -0.15) is 0 Å². The molecular formula is C17H25NOS. The summed E-state index contributed by atoms with van der Waals surface area (Å²) in [6.07, 6.45) is 4.95. The predicted molar refractivity (Wildman–Crippen MR) is 86.2 cm³/mol. The first-order valence-electron chi connectivity index (χ1n) is 7.55. The third-order valence-electron chi connectivity index (χ3n) is 4.15. The Labute approximate surface area is 126 Å². The van der Waals surface area contributed by atoms with Crippen molar-refractivity contribution in [2.75, 3.05) is 5.75 Å². The quantitative estimate of drug-likeness (QED) is 0.847. The van der Waals surface area contributed by atoms with Gasteiger partial charge in [0.25, 0.3) is 0 Å². The molecule has 1 saturated carbocycles. The number of hydrogen-bond donors (Lipinski definition) is 1. The largest absolute Gasteiger partial charge is 0.352 e. The summed E-state index contributed by atoms with van der Waals surface area (Å²) in [6.45, 7) is 6.45. The van der Waals surface area contributed by atoms with Crippen molar-refractivity contribution in [2.45, 2.75) is 57.4 Å². The topological polar surface area (TPSA) is 29.1 Å². The van der Waals surface area contributed by atoms with Crippen molar-refractivity contribution in [3.05, 3.63) is 29.3 Å². The highest BCUT2D eigenvalue weighted by atomic mass is 32.2. The second kappa shape index (κ2) is 7.16. The van der Waals surface area contributed by atoms with Crippen LogP contribution in [0.4, 0.5) is 0 Å². The molecule has 1 aromatic carbocycles. The van der Waals surface area contributed by atoms with Crippen molar-refractivity contribution in [1.29, 1.82) is 0 Å². The Balaban J connectivity index is 1.82. The van der Waals surface area contributed by atoms with Crippen LogP contribution in [0.15, 0.2) is 23.1 Å². The molecule has 20 heavy (non-hydrogen) atoms. The highest BCUT2D eigenvalue weighted by Gasteiger charge is 2.22. The van der Waals surface area contributed by atoms with Crippen LogP contribution < -0.4 is 5.32 Å². The van der Waals surface area contributed by atoms with E-state index in [9.17, 15) is 4.79 Å². The minimum atomic E-state index is 0.175. The summed E-state index contributed by atoms with van der Waals surface area (Å²) in [5, 5.41) is 3.21. The van der Waals surface area contributed by atoms with Crippen LogP contribution in [0, 0.1) is 19.8 Å². The van der Waals surface area contributed by atoms with Gasteiger partial charge in [0.2, 0.25) is 5.91 Å². The van der Waals surface area contributed by atoms with Crippen molar-refractivity contribution in [3.8, 4) is 0 Å². The Morgan fingerprint density at radius 1 is 1.30 bits per heavy atom. The summed E-state index contributed by atoms with van der Waals surface area (Å²) in [5.74, 6) is 1.32. The van der Waals surface area contributed by atoms with E-state index >= 15 is 0 Å². The minimum absolute atomic E-state index is 0.175. The summed E-state index contributed by atoms with van der Waals surface area (Å²) in [5.41, 5.74) is 2.53. The van der Waals surface area contributed by atoms with Crippen LogP contribution in [0.3, 0.4) is 0 Å². The fraction of sp³-hybridized carbons (Fsp3) is 0.588. The summed E-state index contributed by atoms with van der Waals surface area (Å²) >= 11 is 1.64. The normalized spacial score (nSPS) is 22.6. The molecule has 1 N–H and O–H groups in total. The standard InChI is InChI=1S/C17H25NOS/c1-12-8-9-16(14(3)10-12)20-11-17(19)18-15-7-5-4-6-13(15)2/h8-10,13,15H,4-7,11H2,1-3H3,(H,18,19). The van der Waals surface area contributed by atoms with Crippen LogP contribution in [0.2, 0.25) is 0 Å². The fourth-order valence-corrected chi connectivity index (χ4v) is 3.70. The molecule has 2 atom stereocenters. The van der Waals surface area contributed by atoms with Crippen molar-refractivity contribution in [2.24, 2.45) is 5.92 Å². The van der Waals surface area contributed by atoms with Crippen molar-refractivity contribution in [3.63, 3.8) is 0 Å². The van der Waals surface area contributed by atoms with Gasteiger partial charge in [0.15, 0.2) is 0 Å². The Kier molecular flexibility index (Phi) is 5.53. The third-order valence-corrected chi connectivity index (χ3v) is 5.32. The molecule has 0 radical (unpaired) electrons. The van der Waals surface area contributed by atoms with Gasteiger partial charge in [-0.1, -0.05) is 37.5 Å². The number of nitrogens with one attached hydrogen (secondary N) is 1. The van der Waals surface area contributed by atoms with E-state index in [1.54, 1.807) is 11.8 Å². The molecule has 1 aromatic rings. The molecule has 0 aliphatic heterocycles. The molecule has 0 bridgehead atoms. The molecule has 1 fully saturated rings. The first-order valence-corrected chi connectivity index (χ1v) is 8.54. The third kappa shape index (κ3) is 4.27. The number of carbonyl (C=O) groups is 1. The molecule has 1 aliphatic carbocycles. The molecule has 0 heterocycles. The summed E-state index contributed by atoms with van der Waals surface area (Å²) in [4.78, 5) is 13.3. The Bertz CT molecular complexity index is 472. The van der Waals surface area contributed by atoms with Crippen LogP contribution >= 0.6 is 11.8 Å². The zero-order chi connectivity index (χ0) is 14.5.